The number of nitrogens with one attached hydrogen (secondary N) is 1. The van der Waals surface area contributed by atoms with Crippen molar-refractivity contribution in [3.63, 3.8) is 0 Å². The number of aliphatic carboxylic acids is 1. The molecule has 78 valence electrons. The lowest BCUT2D eigenvalue weighted by molar-refractivity contribution is -0.138. The van der Waals surface area contributed by atoms with E-state index < -0.39 is 12.0 Å². The summed E-state index contributed by atoms with van der Waals surface area (Å²) in [5, 5.41) is 15.8. The van der Waals surface area contributed by atoms with Crippen LogP contribution < -0.4 is 5.32 Å². The topological polar surface area (TPSA) is 67.2 Å². The molecule has 0 aliphatic carbocycles. The molecule has 1 unspecified atom stereocenters. The van der Waals surface area contributed by atoms with E-state index in [-0.39, 0.29) is 5.92 Å². The zero-order chi connectivity index (χ0) is 10.7. The molecule has 1 heterocycles. The van der Waals surface area contributed by atoms with Crippen LogP contribution in [0.1, 0.15) is 13.8 Å². The molecule has 1 aromatic heterocycles. The first-order valence-electron chi connectivity index (χ1n) is 4.48. The summed E-state index contributed by atoms with van der Waals surface area (Å²) in [6.07, 6.45) is 3.36. The Labute approximate surface area is 82.7 Å². The number of aryl methyl sites for hydroxylation is 1. The van der Waals surface area contributed by atoms with Crippen molar-refractivity contribution in [2.45, 2.75) is 19.9 Å². The SMILES string of the molecule is CC(C)C(Nc1cnn(C)c1)C(=O)O. The minimum Gasteiger partial charge on any atom is -0.480 e. The number of nitrogens with zero attached hydrogens (tertiary/aromatic N) is 2. The monoisotopic (exact) mass is 197 g/mol. The largest absolute Gasteiger partial charge is 0.480 e. The van der Waals surface area contributed by atoms with Gasteiger partial charge in [-0.15, -0.1) is 0 Å². The van der Waals surface area contributed by atoms with Crippen LogP contribution in [-0.4, -0.2) is 26.9 Å². The van der Waals surface area contributed by atoms with Gasteiger partial charge >= 0.3 is 5.97 Å². The van der Waals surface area contributed by atoms with Crippen molar-refractivity contribution in [1.29, 1.82) is 0 Å². The Kier molecular flexibility index (Phi) is 3.11. The smallest absolute Gasteiger partial charge is 0.326 e. The van der Waals surface area contributed by atoms with Gasteiger partial charge < -0.3 is 10.4 Å². The van der Waals surface area contributed by atoms with Gasteiger partial charge in [0.15, 0.2) is 0 Å². The molecular weight excluding hydrogens is 182 g/mol. The summed E-state index contributed by atoms with van der Waals surface area (Å²) >= 11 is 0. The number of carboxylic acid groups (broad SMARTS) is 1. The van der Waals surface area contributed by atoms with E-state index in [4.69, 9.17) is 5.11 Å². The lowest BCUT2D eigenvalue weighted by atomic mass is 10.0. The second-order valence-corrected chi connectivity index (χ2v) is 3.61. The molecule has 0 amide bonds. The Balaban J connectivity index is 2.69. The average molecular weight is 197 g/mol. The molecule has 0 radical (unpaired) electrons. The normalized spacial score (nSPS) is 12.9. The number of carbonyl (C=O) groups is 1. The van der Waals surface area contributed by atoms with Crippen LogP contribution in [0.5, 0.6) is 0 Å². The highest BCUT2D eigenvalue weighted by molar-refractivity contribution is 5.77. The maximum Gasteiger partial charge on any atom is 0.326 e. The number of hydrogen-bond donors (Lipinski definition) is 2. The number of rotatable bonds is 4. The molecule has 1 atom stereocenters. The predicted octanol–water partition coefficient (Wildman–Crippen LogP) is 0.941. The second-order valence-electron chi connectivity index (χ2n) is 3.61. The van der Waals surface area contributed by atoms with Crippen molar-refractivity contribution >= 4 is 11.7 Å². The van der Waals surface area contributed by atoms with E-state index in [9.17, 15) is 4.79 Å². The molecule has 0 fully saturated rings. The summed E-state index contributed by atoms with van der Waals surface area (Å²) in [6.45, 7) is 3.73. The van der Waals surface area contributed by atoms with Crippen LogP contribution in [0, 0.1) is 5.92 Å². The van der Waals surface area contributed by atoms with Crippen LogP contribution in [0.25, 0.3) is 0 Å². The van der Waals surface area contributed by atoms with E-state index in [1.165, 1.54) is 0 Å². The summed E-state index contributed by atoms with van der Waals surface area (Å²) in [6, 6.07) is -0.570. The number of hydrogen-bond acceptors (Lipinski definition) is 3. The summed E-state index contributed by atoms with van der Waals surface area (Å²) in [5.41, 5.74) is 0.730. The van der Waals surface area contributed by atoms with Gasteiger partial charge in [-0.2, -0.15) is 5.10 Å². The van der Waals surface area contributed by atoms with Gasteiger partial charge in [0, 0.05) is 13.2 Å². The van der Waals surface area contributed by atoms with Gasteiger partial charge in [0.1, 0.15) is 6.04 Å². The van der Waals surface area contributed by atoms with Crippen LogP contribution in [0.4, 0.5) is 5.69 Å². The molecule has 0 aliphatic heterocycles. The van der Waals surface area contributed by atoms with Crippen molar-refractivity contribution in [2.75, 3.05) is 5.32 Å². The fourth-order valence-corrected chi connectivity index (χ4v) is 1.19. The third kappa shape index (κ3) is 2.48. The molecule has 2 N–H and O–H groups in total. The Morgan fingerprint density at radius 1 is 1.64 bits per heavy atom. The molecule has 0 aromatic carbocycles. The van der Waals surface area contributed by atoms with E-state index in [1.807, 2.05) is 13.8 Å². The quantitative estimate of drug-likeness (QED) is 0.753. The lowest BCUT2D eigenvalue weighted by Crippen LogP contribution is -2.34. The highest BCUT2D eigenvalue weighted by Gasteiger charge is 2.21. The molecule has 0 spiro atoms. The van der Waals surface area contributed by atoms with E-state index >= 15 is 0 Å². The van der Waals surface area contributed by atoms with Crippen molar-refractivity contribution in [2.24, 2.45) is 13.0 Å². The lowest BCUT2D eigenvalue weighted by Gasteiger charge is -2.17. The first kappa shape index (κ1) is 10.6. The van der Waals surface area contributed by atoms with Crippen molar-refractivity contribution in [3.05, 3.63) is 12.4 Å². The highest BCUT2D eigenvalue weighted by Crippen LogP contribution is 2.11. The Morgan fingerprint density at radius 2 is 2.29 bits per heavy atom. The Hall–Kier alpha value is -1.52. The standard InChI is InChI=1S/C9H15N3O2/c1-6(2)8(9(13)14)11-7-4-10-12(3)5-7/h4-6,8,11H,1-3H3,(H,13,14). The van der Waals surface area contributed by atoms with Crippen LogP contribution in [-0.2, 0) is 11.8 Å². The van der Waals surface area contributed by atoms with E-state index in [0.29, 0.717) is 0 Å². The summed E-state index contributed by atoms with van der Waals surface area (Å²) in [7, 11) is 1.79. The van der Waals surface area contributed by atoms with Gasteiger partial charge in [-0.25, -0.2) is 4.79 Å². The van der Waals surface area contributed by atoms with E-state index in [0.717, 1.165) is 5.69 Å². The maximum atomic E-state index is 10.9. The fourth-order valence-electron chi connectivity index (χ4n) is 1.19. The van der Waals surface area contributed by atoms with Crippen molar-refractivity contribution < 1.29 is 9.90 Å². The molecule has 0 saturated heterocycles. The van der Waals surface area contributed by atoms with Crippen LogP contribution >= 0.6 is 0 Å². The van der Waals surface area contributed by atoms with Crippen molar-refractivity contribution in [1.82, 2.24) is 9.78 Å². The summed E-state index contributed by atoms with van der Waals surface area (Å²) in [5.74, 6) is -0.809. The summed E-state index contributed by atoms with van der Waals surface area (Å²) < 4.78 is 1.63. The van der Waals surface area contributed by atoms with Crippen molar-refractivity contribution in [3.8, 4) is 0 Å². The van der Waals surface area contributed by atoms with Gasteiger partial charge in [0.05, 0.1) is 11.9 Å². The minimum atomic E-state index is -0.844. The predicted molar refractivity (Wildman–Crippen MR) is 53.1 cm³/mol. The van der Waals surface area contributed by atoms with Gasteiger partial charge in [-0.05, 0) is 5.92 Å². The molecule has 0 saturated carbocycles. The van der Waals surface area contributed by atoms with Gasteiger partial charge in [0.25, 0.3) is 0 Å². The molecule has 0 bridgehead atoms. The van der Waals surface area contributed by atoms with Gasteiger partial charge in [-0.3, -0.25) is 4.68 Å². The third-order valence-electron chi connectivity index (χ3n) is 1.96. The average Bonchev–Trinajstić information content (AvgIpc) is 2.46. The van der Waals surface area contributed by atoms with E-state index in [2.05, 4.69) is 10.4 Å². The highest BCUT2D eigenvalue weighted by atomic mass is 16.4. The fraction of sp³-hybridized carbons (Fsp3) is 0.556. The zero-order valence-electron chi connectivity index (χ0n) is 8.56. The van der Waals surface area contributed by atoms with Gasteiger partial charge in [0.2, 0.25) is 0 Å². The third-order valence-corrected chi connectivity index (χ3v) is 1.96. The number of aromatic nitrogens is 2. The van der Waals surface area contributed by atoms with Crippen LogP contribution in [0.2, 0.25) is 0 Å². The zero-order valence-corrected chi connectivity index (χ0v) is 8.56. The molecule has 5 heteroatoms. The Bertz CT molecular complexity index is 320. The first-order valence-corrected chi connectivity index (χ1v) is 4.48. The number of anilines is 1. The molecule has 0 aliphatic rings. The van der Waals surface area contributed by atoms with Crippen LogP contribution in [0.15, 0.2) is 12.4 Å². The number of carboxylic acids is 1. The minimum absolute atomic E-state index is 0.0349. The Morgan fingerprint density at radius 3 is 2.64 bits per heavy atom. The summed E-state index contributed by atoms with van der Waals surface area (Å²) in [4.78, 5) is 10.9. The molecular formula is C9H15N3O2. The molecule has 1 rings (SSSR count). The van der Waals surface area contributed by atoms with Crippen LogP contribution in [0.3, 0.4) is 0 Å². The molecule has 14 heavy (non-hydrogen) atoms. The van der Waals surface area contributed by atoms with E-state index in [1.54, 1.807) is 24.1 Å². The molecule has 1 aromatic rings. The second kappa shape index (κ2) is 4.13. The molecule has 5 nitrogen and oxygen atoms in total. The first-order chi connectivity index (χ1) is 6.50. The van der Waals surface area contributed by atoms with Gasteiger partial charge in [-0.1, -0.05) is 13.8 Å². The maximum absolute atomic E-state index is 10.9.